The SMILES string of the molecule is O=C1NCC2C1CCCN2c1ccc([N+](=O)[O-])c(I)c1. The van der Waals surface area contributed by atoms with Crippen LogP contribution in [0.5, 0.6) is 0 Å². The van der Waals surface area contributed by atoms with E-state index in [9.17, 15) is 14.9 Å². The average molecular weight is 387 g/mol. The Hall–Kier alpha value is -1.38. The van der Waals surface area contributed by atoms with Crippen molar-refractivity contribution in [3.8, 4) is 0 Å². The number of amides is 1. The van der Waals surface area contributed by atoms with Gasteiger partial charge in [-0.25, -0.2) is 0 Å². The minimum absolute atomic E-state index is 0.0524. The quantitative estimate of drug-likeness (QED) is 0.478. The summed E-state index contributed by atoms with van der Waals surface area (Å²) in [4.78, 5) is 24.5. The Morgan fingerprint density at radius 2 is 2.25 bits per heavy atom. The third-order valence-corrected chi connectivity index (χ3v) is 4.92. The molecule has 0 aromatic heterocycles. The number of halogens is 1. The number of fused-ring (bicyclic) bond motifs is 1. The highest BCUT2D eigenvalue weighted by atomic mass is 127. The van der Waals surface area contributed by atoms with E-state index in [0.717, 1.165) is 25.1 Å². The van der Waals surface area contributed by atoms with Crippen LogP contribution in [-0.2, 0) is 4.79 Å². The van der Waals surface area contributed by atoms with Gasteiger partial charge in [-0.15, -0.1) is 0 Å². The lowest BCUT2D eigenvalue weighted by atomic mass is 9.91. The van der Waals surface area contributed by atoms with Crippen molar-refractivity contribution >= 4 is 39.9 Å². The van der Waals surface area contributed by atoms with E-state index in [1.807, 2.05) is 28.7 Å². The molecule has 0 aliphatic carbocycles. The molecular formula is C13H14IN3O3. The maximum Gasteiger partial charge on any atom is 0.282 e. The summed E-state index contributed by atoms with van der Waals surface area (Å²) in [5.74, 6) is 0.188. The predicted molar refractivity (Wildman–Crippen MR) is 82.7 cm³/mol. The van der Waals surface area contributed by atoms with Crippen molar-refractivity contribution in [1.29, 1.82) is 0 Å². The van der Waals surface area contributed by atoms with Gasteiger partial charge in [0.15, 0.2) is 0 Å². The number of piperidine rings is 1. The molecule has 1 N–H and O–H groups in total. The first kappa shape index (κ1) is 13.6. The molecule has 0 saturated carbocycles. The lowest BCUT2D eigenvalue weighted by molar-refractivity contribution is -0.385. The van der Waals surface area contributed by atoms with Crippen LogP contribution in [0.3, 0.4) is 0 Å². The van der Waals surface area contributed by atoms with Crippen LogP contribution in [0.25, 0.3) is 0 Å². The number of benzene rings is 1. The summed E-state index contributed by atoms with van der Waals surface area (Å²) in [6.07, 6.45) is 1.90. The fourth-order valence-electron chi connectivity index (χ4n) is 3.09. The first-order valence-corrected chi connectivity index (χ1v) is 7.64. The monoisotopic (exact) mass is 387 g/mol. The van der Waals surface area contributed by atoms with E-state index in [0.29, 0.717) is 10.1 Å². The van der Waals surface area contributed by atoms with E-state index in [-0.39, 0.29) is 28.5 Å². The summed E-state index contributed by atoms with van der Waals surface area (Å²) in [5, 5.41) is 13.8. The number of nitro groups is 1. The van der Waals surface area contributed by atoms with Crippen LogP contribution in [0.2, 0.25) is 0 Å². The molecule has 2 saturated heterocycles. The van der Waals surface area contributed by atoms with Gasteiger partial charge in [0.05, 0.1) is 20.5 Å². The number of hydrogen-bond acceptors (Lipinski definition) is 4. The summed E-state index contributed by atoms with van der Waals surface area (Å²) in [5.41, 5.74) is 1.09. The second-order valence-electron chi connectivity index (χ2n) is 5.15. The van der Waals surface area contributed by atoms with Crippen LogP contribution in [0.15, 0.2) is 18.2 Å². The van der Waals surface area contributed by atoms with Crippen molar-refractivity contribution in [2.45, 2.75) is 18.9 Å². The Morgan fingerprint density at radius 1 is 1.45 bits per heavy atom. The Kier molecular flexibility index (Phi) is 3.53. The molecule has 2 unspecified atom stereocenters. The fraction of sp³-hybridized carbons (Fsp3) is 0.462. The highest BCUT2D eigenvalue weighted by Crippen LogP contribution is 2.34. The largest absolute Gasteiger partial charge is 0.366 e. The maximum absolute atomic E-state index is 11.8. The second-order valence-corrected chi connectivity index (χ2v) is 6.31. The highest BCUT2D eigenvalue weighted by Gasteiger charge is 2.40. The third-order valence-electron chi connectivity index (χ3n) is 4.06. The molecule has 0 bridgehead atoms. The van der Waals surface area contributed by atoms with Crippen LogP contribution in [-0.4, -0.2) is 30.0 Å². The number of rotatable bonds is 2. The van der Waals surface area contributed by atoms with Crippen molar-refractivity contribution in [1.82, 2.24) is 5.32 Å². The normalized spacial score (nSPS) is 25.2. The molecule has 6 nitrogen and oxygen atoms in total. The van der Waals surface area contributed by atoms with E-state index in [4.69, 9.17) is 0 Å². The Bertz CT molecular complexity index is 578. The molecule has 1 aromatic rings. The average Bonchev–Trinajstić information content (AvgIpc) is 2.80. The maximum atomic E-state index is 11.8. The Morgan fingerprint density at radius 3 is 2.95 bits per heavy atom. The van der Waals surface area contributed by atoms with E-state index in [2.05, 4.69) is 10.2 Å². The van der Waals surface area contributed by atoms with E-state index >= 15 is 0 Å². The summed E-state index contributed by atoms with van der Waals surface area (Å²) in [7, 11) is 0. The van der Waals surface area contributed by atoms with Crippen molar-refractivity contribution < 1.29 is 9.72 Å². The zero-order chi connectivity index (χ0) is 14.3. The van der Waals surface area contributed by atoms with Gasteiger partial charge in [0.25, 0.3) is 5.69 Å². The van der Waals surface area contributed by atoms with Gasteiger partial charge in [-0.2, -0.15) is 0 Å². The molecule has 2 heterocycles. The first-order chi connectivity index (χ1) is 9.58. The zero-order valence-corrected chi connectivity index (χ0v) is 12.9. The zero-order valence-electron chi connectivity index (χ0n) is 10.7. The lowest BCUT2D eigenvalue weighted by Gasteiger charge is -2.37. The molecule has 2 fully saturated rings. The number of nitrogens with zero attached hydrogens (tertiary/aromatic N) is 2. The van der Waals surface area contributed by atoms with Gasteiger partial charge in [0.2, 0.25) is 5.91 Å². The summed E-state index contributed by atoms with van der Waals surface area (Å²) in [6, 6.07) is 5.34. The van der Waals surface area contributed by atoms with Crippen LogP contribution >= 0.6 is 22.6 Å². The van der Waals surface area contributed by atoms with Crippen molar-refractivity contribution in [3.05, 3.63) is 31.9 Å². The molecule has 3 rings (SSSR count). The van der Waals surface area contributed by atoms with Crippen molar-refractivity contribution in [2.75, 3.05) is 18.0 Å². The molecule has 2 aliphatic heterocycles. The van der Waals surface area contributed by atoms with Gasteiger partial charge >= 0.3 is 0 Å². The van der Waals surface area contributed by atoms with Gasteiger partial charge in [-0.1, -0.05) is 0 Å². The van der Waals surface area contributed by atoms with Crippen molar-refractivity contribution in [2.24, 2.45) is 5.92 Å². The summed E-state index contributed by atoms with van der Waals surface area (Å²) < 4.78 is 0.629. The second kappa shape index (κ2) is 5.19. The molecule has 0 radical (unpaired) electrons. The number of hydrogen-bond donors (Lipinski definition) is 1. The van der Waals surface area contributed by atoms with Gasteiger partial charge in [0.1, 0.15) is 0 Å². The van der Waals surface area contributed by atoms with Crippen LogP contribution < -0.4 is 10.2 Å². The van der Waals surface area contributed by atoms with E-state index in [1.54, 1.807) is 12.1 Å². The molecular weight excluding hydrogens is 373 g/mol. The third kappa shape index (κ3) is 2.23. The minimum Gasteiger partial charge on any atom is -0.366 e. The van der Waals surface area contributed by atoms with E-state index < -0.39 is 0 Å². The molecule has 0 spiro atoms. The number of anilines is 1. The number of carbonyl (C=O) groups is 1. The highest BCUT2D eigenvalue weighted by molar-refractivity contribution is 14.1. The molecule has 2 aliphatic rings. The standard InChI is InChI=1S/C13H14IN3O3/c14-10-6-8(3-4-11(10)17(19)20)16-5-1-2-9-12(16)7-15-13(9)18/h3-4,6,9,12H,1-2,5,7H2,(H,15,18). The van der Waals surface area contributed by atoms with E-state index in [1.165, 1.54) is 0 Å². The predicted octanol–water partition coefficient (Wildman–Crippen LogP) is 1.91. The Labute approximate surface area is 129 Å². The topological polar surface area (TPSA) is 75.5 Å². The molecule has 20 heavy (non-hydrogen) atoms. The minimum atomic E-state index is -0.370. The smallest absolute Gasteiger partial charge is 0.282 e. The van der Waals surface area contributed by atoms with Gasteiger partial charge in [-0.3, -0.25) is 14.9 Å². The molecule has 1 amide bonds. The fourth-order valence-corrected chi connectivity index (χ4v) is 3.79. The van der Waals surface area contributed by atoms with Crippen LogP contribution in [0.1, 0.15) is 12.8 Å². The number of carbonyl (C=O) groups excluding carboxylic acids is 1. The summed E-state index contributed by atoms with van der Waals surface area (Å²) in [6.45, 7) is 1.56. The molecule has 1 aromatic carbocycles. The first-order valence-electron chi connectivity index (χ1n) is 6.56. The molecule has 106 valence electrons. The number of nitro benzene ring substituents is 1. The van der Waals surface area contributed by atoms with Crippen LogP contribution in [0, 0.1) is 19.6 Å². The molecule has 7 heteroatoms. The lowest BCUT2D eigenvalue weighted by Crippen LogP contribution is -2.45. The van der Waals surface area contributed by atoms with Crippen LogP contribution in [0.4, 0.5) is 11.4 Å². The summed E-state index contributed by atoms with van der Waals surface area (Å²) >= 11 is 1.99. The molecule has 2 atom stereocenters. The van der Waals surface area contributed by atoms with Crippen molar-refractivity contribution in [3.63, 3.8) is 0 Å². The number of nitrogens with one attached hydrogen (secondary N) is 1. The Balaban J connectivity index is 1.90. The van der Waals surface area contributed by atoms with Gasteiger partial charge in [-0.05, 0) is 47.6 Å². The van der Waals surface area contributed by atoms with Gasteiger partial charge < -0.3 is 10.2 Å². The van der Waals surface area contributed by atoms with Gasteiger partial charge in [0, 0.05) is 24.8 Å².